The fraction of sp³-hybridized carbons (Fsp3) is 0.0833. The maximum absolute atomic E-state index is 12.0. The smallest absolute Gasteiger partial charge is 0.335 e. The van der Waals surface area contributed by atoms with Crippen molar-refractivity contribution < 1.29 is 14.7 Å². The standard InChI is InChI=1S/C12H10N2O3S/c1-14(11(15)10-6-18-7-13-10)9-4-2-8(3-5-9)12(16)17/h2-7H,1H3,(H,16,17). The van der Waals surface area contributed by atoms with Crippen LogP contribution in [0.3, 0.4) is 0 Å². The van der Waals surface area contributed by atoms with E-state index in [1.54, 1.807) is 30.1 Å². The number of rotatable bonds is 3. The minimum atomic E-state index is -0.991. The number of benzene rings is 1. The number of amides is 1. The van der Waals surface area contributed by atoms with E-state index < -0.39 is 5.97 Å². The Morgan fingerprint density at radius 1 is 1.28 bits per heavy atom. The highest BCUT2D eigenvalue weighted by atomic mass is 32.1. The predicted octanol–water partition coefficient (Wildman–Crippen LogP) is 2.12. The second-order valence-electron chi connectivity index (χ2n) is 3.59. The number of carboxylic acid groups (broad SMARTS) is 1. The molecule has 1 amide bonds. The fourth-order valence-electron chi connectivity index (χ4n) is 1.43. The molecule has 2 rings (SSSR count). The summed E-state index contributed by atoms with van der Waals surface area (Å²) in [5, 5.41) is 10.5. The molecule has 0 aliphatic heterocycles. The molecule has 0 aliphatic carbocycles. The van der Waals surface area contributed by atoms with Crippen LogP contribution in [0.4, 0.5) is 5.69 Å². The molecule has 0 saturated carbocycles. The molecular weight excluding hydrogens is 252 g/mol. The Bertz CT molecular complexity index is 564. The van der Waals surface area contributed by atoms with Gasteiger partial charge in [0, 0.05) is 18.1 Å². The lowest BCUT2D eigenvalue weighted by Crippen LogP contribution is -2.26. The Morgan fingerprint density at radius 2 is 1.94 bits per heavy atom. The molecule has 18 heavy (non-hydrogen) atoms. The van der Waals surface area contributed by atoms with E-state index in [0.717, 1.165) is 0 Å². The predicted molar refractivity (Wildman–Crippen MR) is 68.2 cm³/mol. The van der Waals surface area contributed by atoms with Crippen molar-refractivity contribution in [2.75, 3.05) is 11.9 Å². The van der Waals surface area contributed by atoms with Crippen molar-refractivity contribution in [3.63, 3.8) is 0 Å². The molecule has 1 aromatic carbocycles. The number of hydrogen-bond donors (Lipinski definition) is 1. The average Bonchev–Trinajstić information content (AvgIpc) is 2.91. The van der Waals surface area contributed by atoms with Crippen LogP contribution < -0.4 is 4.90 Å². The molecule has 1 aromatic heterocycles. The summed E-state index contributed by atoms with van der Waals surface area (Å²) >= 11 is 1.35. The van der Waals surface area contributed by atoms with Gasteiger partial charge in [-0.3, -0.25) is 4.79 Å². The van der Waals surface area contributed by atoms with Gasteiger partial charge in [0.1, 0.15) is 5.69 Å². The molecule has 0 aliphatic rings. The number of carbonyl (C=O) groups is 2. The maximum Gasteiger partial charge on any atom is 0.335 e. The van der Waals surface area contributed by atoms with Crippen molar-refractivity contribution >= 4 is 28.9 Å². The van der Waals surface area contributed by atoms with Crippen LogP contribution in [-0.2, 0) is 0 Å². The molecule has 1 N–H and O–H groups in total. The molecule has 0 bridgehead atoms. The summed E-state index contributed by atoms with van der Waals surface area (Å²) in [6.45, 7) is 0. The number of hydrogen-bond acceptors (Lipinski definition) is 4. The molecule has 6 heteroatoms. The van der Waals surface area contributed by atoms with Gasteiger partial charge in [-0.1, -0.05) is 0 Å². The van der Waals surface area contributed by atoms with E-state index in [1.807, 2.05) is 0 Å². The van der Waals surface area contributed by atoms with E-state index in [4.69, 9.17) is 5.11 Å². The molecule has 0 spiro atoms. The van der Waals surface area contributed by atoms with E-state index in [-0.39, 0.29) is 11.5 Å². The molecule has 0 unspecified atom stereocenters. The van der Waals surface area contributed by atoms with Gasteiger partial charge in [-0.05, 0) is 24.3 Å². The van der Waals surface area contributed by atoms with Gasteiger partial charge in [-0.25, -0.2) is 9.78 Å². The molecule has 0 saturated heterocycles. The maximum atomic E-state index is 12.0. The van der Waals surface area contributed by atoms with Crippen LogP contribution in [0, 0.1) is 0 Å². The van der Waals surface area contributed by atoms with Crippen molar-refractivity contribution in [3.8, 4) is 0 Å². The van der Waals surface area contributed by atoms with Crippen LogP contribution in [0.1, 0.15) is 20.8 Å². The van der Waals surface area contributed by atoms with Gasteiger partial charge in [-0.2, -0.15) is 0 Å². The van der Waals surface area contributed by atoms with Gasteiger partial charge < -0.3 is 10.0 Å². The number of thiazole rings is 1. The van der Waals surface area contributed by atoms with Crippen LogP contribution in [0.15, 0.2) is 35.2 Å². The van der Waals surface area contributed by atoms with Gasteiger partial charge in [0.05, 0.1) is 11.1 Å². The third-order valence-electron chi connectivity index (χ3n) is 2.46. The lowest BCUT2D eigenvalue weighted by atomic mass is 10.2. The van der Waals surface area contributed by atoms with Gasteiger partial charge in [-0.15, -0.1) is 11.3 Å². The number of carboxylic acids is 1. The summed E-state index contributed by atoms with van der Waals surface area (Å²) in [5.74, 6) is -1.21. The first-order valence-electron chi connectivity index (χ1n) is 5.09. The monoisotopic (exact) mass is 262 g/mol. The largest absolute Gasteiger partial charge is 0.478 e. The highest BCUT2D eigenvalue weighted by Crippen LogP contribution is 2.16. The molecule has 0 fully saturated rings. The third-order valence-corrected chi connectivity index (χ3v) is 3.04. The van der Waals surface area contributed by atoms with E-state index in [0.29, 0.717) is 11.4 Å². The molecular formula is C12H10N2O3S. The van der Waals surface area contributed by atoms with Crippen molar-refractivity contribution in [3.05, 3.63) is 46.4 Å². The molecule has 0 radical (unpaired) electrons. The first-order valence-corrected chi connectivity index (χ1v) is 6.03. The summed E-state index contributed by atoms with van der Waals surface area (Å²) in [6.07, 6.45) is 0. The Hall–Kier alpha value is -2.21. The highest BCUT2D eigenvalue weighted by molar-refractivity contribution is 7.07. The molecule has 5 nitrogen and oxygen atoms in total. The first kappa shape index (κ1) is 12.3. The summed E-state index contributed by atoms with van der Waals surface area (Å²) in [7, 11) is 1.62. The number of nitrogens with zero attached hydrogens (tertiary/aromatic N) is 2. The highest BCUT2D eigenvalue weighted by Gasteiger charge is 2.15. The van der Waals surface area contributed by atoms with E-state index in [1.165, 1.54) is 28.4 Å². The molecule has 1 heterocycles. The second-order valence-corrected chi connectivity index (χ2v) is 4.31. The number of aromatic carboxylic acids is 1. The van der Waals surface area contributed by atoms with Gasteiger partial charge >= 0.3 is 5.97 Å². The number of anilines is 1. The van der Waals surface area contributed by atoms with Crippen molar-refractivity contribution in [2.45, 2.75) is 0 Å². The van der Waals surface area contributed by atoms with E-state index in [9.17, 15) is 9.59 Å². The zero-order valence-electron chi connectivity index (χ0n) is 9.53. The zero-order chi connectivity index (χ0) is 13.1. The second kappa shape index (κ2) is 4.97. The van der Waals surface area contributed by atoms with Gasteiger partial charge in [0.15, 0.2) is 0 Å². The minimum absolute atomic E-state index is 0.188. The Labute approximate surface area is 107 Å². The Morgan fingerprint density at radius 3 is 2.44 bits per heavy atom. The summed E-state index contributed by atoms with van der Waals surface area (Å²) in [5.41, 5.74) is 2.78. The van der Waals surface area contributed by atoms with Crippen molar-refractivity contribution in [1.29, 1.82) is 0 Å². The van der Waals surface area contributed by atoms with Gasteiger partial charge in [0.2, 0.25) is 0 Å². The SMILES string of the molecule is CN(C(=O)c1cscn1)c1ccc(C(=O)O)cc1. The van der Waals surface area contributed by atoms with Crippen molar-refractivity contribution in [2.24, 2.45) is 0 Å². The van der Waals surface area contributed by atoms with Crippen LogP contribution >= 0.6 is 11.3 Å². The fourth-order valence-corrected chi connectivity index (χ4v) is 1.96. The molecule has 0 atom stereocenters. The topological polar surface area (TPSA) is 70.5 Å². The van der Waals surface area contributed by atoms with E-state index >= 15 is 0 Å². The summed E-state index contributed by atoms with van der Waals surface area (Å²) in [6, 6.07) is 6.10. The summed E-state index contributed by atoms with van der Waals surface area (Å²) < 4.78 is 0. The van der Waals surface area contributed by atoms with Crippen LogP contribution in [0.5, 0.6) is 0 Å². The van der Waals surface area contributed by atoms with Crippen molar-refractivity contribution in [1.82, 2.24) is 4.98 Å². The normalized spacial score (nSPS) is 10.1. The third kappa shape index (κ3) is 2.38. The minimum Gasteiger partial charge on any atom is -0.478 e. The van der Waals surface area contributed by atoms with Crippen LogP contribution in [-0.4, -0.2) is 29.0 Å². The molecule has 92 valence electrons. The van der Waals surface area contributed by atoms with Gasteiger partial charge in [0.25, 0.3) is 5.91 Å². The molecule has 2 aromatic rings. The van der Waals surface area contributed by atoms with Crippen LogP contribution in [0.25, 0.3) is 0 Å². The quantitative estimate of drug-likeness (QED) is 0.919. The summed E-state index contributed by atoms with van der Waals surface area (Å²) in [4.78, 5) is 28.1. The lowest BCUT2D eigenvalue weighted by Gasteiger charge is -2.16. The van der Waals surface area contributed by atoms with Crippen LogP contribution in [0.2, 0.25) is 0 Å². The number of aromatic nitrogens is 1. The Balaban J connectivity index is 2.21. The Kier molecular flexibility index (Phi) is 3.38. The lowest BCUT2D eigenvalue weighted by molar-refractivity contribution is 0.0696. The van der Waals surface area contributed by atoms with E-state index in [2.05, 4.69) is 4.98 Å². The number of carbonyl (C=O) groups excluding carboxylic acids is 1. The zero-order valence-corrected chi connectivity index (χ0v) is 10.3. The first-order chi connectivity index (χ1) is 8.59. The average molecular weight is 262 g/mol.